The zero-order chi connectivity index (χ0) is 16.9. The lowest BCUT2D eigenvalue weighted by molar-refractivity contribution is -0.118. The lowest BCUT2D eigenvalue weighted by Gasteiger charge is -2.33. The summed E-state index contributed by atoms with van der Waals surface area (Å²) in [5, 5.41) is 21.2. The number of hydrogen-bond acceptors (Lipinski definition) is 5. The second-order valence-electron chi connectivity index (χ2n) is 7.29. The van der Waals surface area contributed by atoms with Gasteiger partial charge in [-0.05, 0) is 46.4 Å². The van der Waals surface area contributed by atoms with Crippen LogP contribution in [-0.2, 0) is 4.79 Å². The van der Waals surface area contributed by atoms with Gasteiger partial charge in [0, 0.05) is 17.7 Å². The molecule has 1 atom stereocenters. The van der Waals surface area contributed by atoms with E-state index in [1.165, 1.54) is 0 Å². The zero-order valence-electron chi connectivity index (χ0n) is 13.7. The highest BCUT2D eigenvalue weighted by molar-refractivity contribution is 7.08. The number of rotatable bonds is 1. The predicted octanol–water partition coefficient (Wildman–Crippen LogP) is 4.68. The maximum atomic E-state index is 12.9. The first-order valence-electron chi connectivity index (χ1n) is 8.08. The van der Waals surface area contributed by atoms with Crippen LogP contribution in [0.25, 0.3) is 0 Å². The highest BCUT2D eigenvalue weighted by atomic mass is 32.1. The molecule has 4 rings (SSSR count). The van der Waals surface area contributed by atoms with Gasteiger partial charge in [-0.25, -0.2) is 0 Å². The van der Waals surface area contributed by atoms with Crippen LogP contribution in [0, 0.1) is 5.41 Å². The normalized spacial score (nSPS) is 22.1. The summed E-state index contributed by atoms with van der Waals surface area (Å²) in [5.74, 6) is 0.360. The van der Waals surface area contributed by atoms with Crippen molar-refractivity contribution in [3.05, 3.63) is 51.9 Å². The van der Waals surface area contributed by atoms with Gasteiger partial charge in [0.25, 0.3) is 0 Å². The van der Waals surface area contributed by atoms with E-state index in [0.717, 1.165) is 28.9 Å². The van der Waals surface area contributed by atoms with Gasteiger partial charge in [-0.2, -0.15) is 11.3 Å². The number of ketones is 1. The minimum atomic E-state index is -0.189. The summed E-state index contributed by atoms with van der Waals surface area (Å²) < 4.78 is 0. The van der Waals surface area contributed by atoms with E-state index in [2.05, 4.69) is 29.9 Å². The predicted molar refractivity (Wildman–Crippen MR) is 97.5 cm³/mol. The molecule has 0 radical (unpaired) electrons. The number of aromatic hydroxyl groups is 1. The molecular weight excluding hydrogens is 320 g/mol. The molecule has 1 aliphatic carbocycles. The monoisotopic (exact) mass is 340 g/mol. The van der Waals surface area contributed by atoms with E-state index in [1.54, 1.807) is 17.4 Å². The third-order valence-electron chi connectivity index (χ3n) is 4.70. The van der Waals surface area contributed by atoms with Crippen LogP contribution in [-0.4, -0.2) is 10.9 Å². The number of hydrogen-bond donors (Lipinski definition) is 3. The minimum absolute atomic E-state index is 0.0863. The number of phenols is 1. The molecule has 0 spiro atoms. The Morgan fingerprint density at radius 2 is 2.08 bits per heavy atom. The summed E-state index contributed by atoms with van der Waals surface area (Å²) in [7, 11) is 0. The van der Waals surface area contributed by atoms with E-state index in [0.29, 0.717) is 12.1 Å². The molecule has 5 heteroatoms. The Morgan fingerprint density at radius 3 is 2.83 bits per heavy atom. The molecule has 2 aromatic rings. The van der Waals surface area contributed by atoms with Crippen molar-refractivity contribution in [2.75, 3.05) is 10.6 Å². The molecule has 124 valence electrons. The molecule has 1 aliphatic heterocycles. The van der Waals surface area contributed by atoms with Gasteiger partial charge in [-0.3, -0.25) is 4.79 Å². The quantitative estimate of drug-likeness (QED) is 0.660. The van der Waals surface area contributed by atoms with Crippen molar-refractivity contribution in [3.8, 4) is 5.75 Å². The number of thiophene rings is 1. The Balaban J connectivity index is 1.91. The minimum Gasteiger partial charge on any atom is -0.506 e. The summed E-state index contributed by atoms with van der Waals surface area (Å²) in [6.07, 6.45) is 1.32. The summed E-state index contributed by atoms with van der Waals surface area (Å²) in [4.78, 5) is 12.9. The topological polar surface area (TPSA) is 61.4 Å². The van der Waals surface area contributed by atoms with Crippen LogP contribution in [0.4, 0.5) is 11.4 Å². The molecule has 1 aromatic carbocycles. The lowest BCUT2D eigenvalue weighted by atomic mass is 9.73. The van der Waals surface area contributed by atoms with E-state index >= 15 is 0 Å². The van der Waals surface area contributed by atoms with Gasteiger partial charge in [-0.15, -0.1) is 0 Å². The average molecular weight is 340 g/mol. The molecule has 3 N–H and O–H groups in total. The maximum absolute atomic E-state index is 12.9. The third kappa shape index (κ3) is 2.49. The number of allylic oxidation sites excluding steroid dienone is 1. The number of carbonyl (C=O) groups excluding carboxylic acids is 1. The summed E-state index contributed by atoms with van der Waals surface area (Å²) in [6.45, 7) is 4.22. The number of anilines is 2. The summed E-state index contributed by atoms with van der Waals surface area (Å²) >= 11 is 1.62. The Kier molecular flexibility index (Phi) is 3.42. The van der Waals surface area contributed by atoms with Crippen molar-refractivity contribution in [1.82, 2.24) is 0 Å². The average Bonchev–Trinajstić information content (AvgIpc) is 2.96. The van der Waals surface area contributed by atoms with Crippen LogP contribution in [0.2, 0.25) is 0 Å². The number of nitrogens with one attached hydrogen (secondary N) is 2. The number of para-hydroxylation sites is 1. The standard InChI is InChI=1S/C19H20N2O2S/c1-19(2)8-13-16(15(23)9-19)17(11-6-7-24-10-11)20-12-4-3-5-14(22)18(12)21-13/h3-7,10,17,20-22H,8-9H2,1-2H3. The fraction of sp³-hybridized carbons (Fsp3) is 0.316. The Bertz CT molecular complexity index is 837. The molecule has 4 nitrogen and oxygen atoms in total. The summed E-state index contributed by atoms with van der Waals surface area (Å²) in [5.41, 5.74) is 4.17. The van der Waals surface area contributed by atoms with Crippen LogP contribution in [0.3, 0.4) is 0 Å². The van der Waals surface area contributed by atoms with Crippen LogP contribution in [0.5, 0.6) is 5.75 Å². The third-order valence-corrected chi connectivity index (χ3v) is 5.40. The molecular formula is C19H20N2O2S. The smallest absolute Gasteiger partial charge is 0.163 e. The molecule has 1 aromatic heterocycles. The highest BCUT2D eigenvalue weighted by Gasteiger charge is 2.39. The van der Waals surface area contributed by atoms with Crippen molar-refractivity contribution in [1.29, 1.82) is 0 Å². The van der Waals surface area contributed by atoms with Gasteiger partial charge < -0.3 is 15.7 Å². The van der Waals surface area contributed by atoms with Gasteiger partial charge in [0.05, 0.1) is 11.7 Å². The van der Waals surface area contributed by atoms with Crippen molar-refractivity contribution >= 4 is 28.5 Å². The SMILES string of the molecule is CC1(C)CC(=O)C2=C(C1)Nc1c(O)cccc1NC2c1ccsc1. The van der Waals surface area contributed by atoms with Crippen LogP contribution in [0.15, 0.2) is 46.3 Å². The van der Waals surface area contributed by atoms with E-state index in [-0.39, 0.29) is 23.0 Å². The number of phenolic OH excluding ortho intramolecular Hbond substituents is 1. The fourth-order valence-corrected chi connectivity index (χ4v) is 4.33. The van der Waals surface area contributed by atoms with Crippen molar-refractivity contribution in [2.24, 2.45) is 5.41 Å². The van der Waals surface area contributed by atoms with Crippen molar-refractivity contribution < 1.29 is 9.90 Å². The van der Waals surface area contributed by atoms with Gasteiger partial charge in [0.1, 0.15) is 11.4 Å². The van der Waals surface area contributed by atoms with Gasteiger partial charge in [0.15, 0.2) is 5.78 Å². The van der Waals surface area contributed by atoms with Crippen LogP contribution < -0.4 is 10.6 Å². The Hall–Kier alpha value is -2.27. The molecule has 0 saturated carbocycles. The van der Waals surface area contributed by atoms with Crippen molar-refractivity contribution in [2.45, 2.75) is 32.7 Å². The first-order chi connectivity index (χ1) is 11.4. The largest absolute Gasteiger partial charge is 0.506 e. The number of carbonyl (C=O) groups is 1. The van der Waals surface area contributed by atoms with Crippen LogP contribution in [0.1, 0.15) is 38.3 Å². The number of Topliss-reactive ketones (excluding diaryl/α,β-unsaturated/α-hetero) is 1. The second-order valence-corrected chi connectivity index (χ2v) is 8.07. The Labute approximate surface area is 145 Å². The molecule has 1 unspecified atom stereocenters. The maximum Gasteiger partial charge on any atom is 0.163 e. The molecule has 0 bridgehead atoms. The van der Waals surface area contributed by atoms with E-state index in [1.807, 2.05) is 23.6 Å². The Morgan fingerprint density at radius 1 is 1.25 bits per heavy atom. The van der Waals surface area contributed by atoms with Gasteiger partial charge in [-0.1, -0.05) is 19.9 Å². The molecule has 0 saturated heterocycles. The van der Waals surface area contributed by atoms with Gasteiger partial charge >= 0.3 is 0 Å². The summed E-state index contributed by atoms with van der Waals surface area (Å²) in [6, 6.07) is 7.26. The van der Waals surface area contributed by atoms with Crippen molar-refractivity contribution in [3.63, 3.8) is 0 Å². The fourth-order valence-electron chi connectivity index (χ4n) is 3.64. The molecule has 0 amide bonds. The van der Waals surface area contributed by atoms with Gasteiger partial charge in [0.2, 0.25) is 0 Å². The van der Waals surface area contributed by atoms with E-state index in [4.69, 9.17) is 0 Å². The van der Waals surface area contributed by atoms with E-state index in [9.17, 15) is 9.90 Å². The second kappa shape index (κ2) is 5.38. The van der Waals surface area contributed by atoms with E-state index < -0.39 is 0 Å². The zero-order valence-corrected chi connectivity index (χ0v) is 14.5. The highest BCUT2D eigenvalue weighted by Crippen LogP contribution is 2.47. The molecule has 24 heavy (non-hydrogen) atoms. The number of benzene rings is 1. The molecule has 2 aliphatic rings. The molecule has 0 fully saturated rings. The van der Waals surface area contributed by atoms with Crippen LogP contribution >= 0.6 is 11.3 Å². The first-order valence-corrected chi connectivity index (χ1v) is 9.03. The first kappa shape index (κ1) is 15.3. The number of fused-ring (bicyclic) bond motifs is 1. The molecule has 2 heterocycles. The lowest BCUT2D eigenvalue weighted by Crippen LogP contribution is -2.31.